The molecule has 1 unspecified atom stereocenters. The Morgan fingerprint density at radius 3 is 3.05 bits per heavy atom. The lowest BCUT2D eigenvalue weighted by atomic mass is 9.96. The van der Waals surface area contributed by atoms with Gasteiger partial charge in [-0.15, -0.1) is 22.9 Å². The van der Waals surface area contributed by atoms with Crippen LogP contribution in [0, 0.1) is 5.92 Å². The van der Waals surface area contributed by atoms with Gasteiger partial charge in [-0.1, -0.05) is 19.8 Å². The van der Waals surface area contributed by atoms with Crippen molar-refractivity contribution in [2.75, 3.05) is 19.6 Å². The third-order valence-corrected chi connectivity index (χ3v) is 5.47. The summed E-state index contributed by atoms with van der Waals surface area (Å²) in [5, 5.41) is 3.34. The number of hydrogen-bond acceptors (Lipinski definition) is 3. The molecule has 1 saturated heterocycles. The second-order valence-electron chi connectivity index (χ2n) is 5.90. The van der Waals surface area contributed by atoms with Crippen LogP contribution in [0.3, 0.4) is 0 Å². The molecular formula is C16H27ClN2S. The van der Waals surface area contributed by atoms with Crippen molar-refractivity contribution in [2.45, 2.75) is 57.7 Å². The van der Waals surface area contributed by atoms with Gasteiger partial charge in [0.2, 0.25) is 0 Å². The smallest absolute Gasteiger partial charge is 0.0929 e. The van der Waals surface area contributed by atoms with Crippen molar-refractivity contribution in [2.24, 2.45) is 5.92 Å². The van der Waals surface area contributed by atoms with Gasteiger partial charge in [0.15, 0.2) is 0 Å². The number of nitrogens with zero attached hydrogens (tertiary/aromatic N) is 2. The number of thiazole rings is 1. The van der Waals surface area contributed by atoms with Gasteiger partial charge in [-0.05, 0) is 51.2 Å². The minimum absolute atomic E-state index is 0.543. The second kappa shape index (κ2) is 9.01. The van der Waals surface area contributed by atoms with E-state index >= 15 is 0 Å². The molecule has 2 nitrogen and oxygen atoms in total. The maximum absolute atomic E-state index is 5.79. The number of likely N-dealkylation sites (tertiary alicyclic amines) is 1. The van der Waals surface area contributed by atoms with Crippen molar-refractivity contribution in [3.63, 3.8) is 0 Å². The Morgan fingerprint density at radius 2 is 2.30 bits per heavy atom. The summed E-state index contributed by atoms with van der Waals surface area (Å²) >= 11 is 7.55. The van der Waals surface area contributed by atoms with E-state index in [-0.39, 0.29) is 0 Å². The largest absolute Gasteiger partial charge is 0.303 e. The van der Waals surface area contributed by atoms with Gasteiger partial charge in [0.1, 0.15) is 0 Å². The highest BCUT2D eigenvalue weighted by molar-refractivity contribution is 7.09. The van der Waals surface area contributed by atoms with Crippen LogP contribution in [0.4, 0.5) is 0 Å². The highest BCUT2D eigenvalue weighted by Crippen LogP contribution is 2.22. The maximum Gasteiger partial charge on any atom is 0.0929 e. The SMILES string of the molecule is CCCC1CCCN(CCCc2nc(CCl)cs2)CC1. The van der Waals surface area contributed by atoms with E-state index in [0.29, 0.717) is 5.88 Å². The van der Waals surface area contributed by atoms with Crippen LogP contribution in [0.25, 0.3) is 0 Å². The second-order valence-corrected chi connectivity index (χ2v) is 7.11. The minimum Gasteiger partial charge on any atom is -0.303 e. The van der Waals surface area contributed by atoms with Crippen molar-refractivity contribution in [1.82, 2.24) is 9.88 Å². The maximum atomic E-state index is 5.79. The van der Waals surface area contributed by atoms with Crippen molar-refractivity contribution >= 4 is 22.9 Å². The third-order valence-electron chi connectivity index (χ3n) is 4.24. The molecule has 2 rings (SSSR count). The molecule has 1 aliphatic rings. The molecule has 0 aromatic carbocycles. The van der Waals surface area contributed by atoms with Crippen molar-refractivity contribution in [3.8, 4) is 0 Å². The average Bonchev–Trinajstić information content (AvgIpc) is 2.80. The zero-order valence-electron chi connectivity index (χ0n) is 12.6. The monoisotopic (exact) mass is 314 g/mol. The summed E-state index contributed by atoms with van der Waals surface area (Å²) in [4.78, 5) is 7.19. The predicted molar refractivity (Wildman–Crippen MR) is 88.7 cm³/mol. The predicted octanol–water partition coefficient (Wildman–Crippen LogP) is 4.72. The van der Waals surface area contributed by atoms with Gasteiger partial charge in [-0.2, -0.15) is 0 Å². The summed E-state index contributed by atoms with van der Waals surface area (Å²) in [6.07, 6.45) is 9.34. The van der Waals surface area contributed by atoms with E-state index in [1.807, 2.05) is 0 Å². The lowest BCUT2D eigenvalue weighted by molar-refractivity contribution is 0.276. The van der Waals surface area contributed by atoms with E-state index < -0.39 is 0 Å². The van der Waals surface area contributed by atoms with Crippen LogP contribution < -0.4 is 0 Å². The molecule has 1 aromatic rings. The first-order valence-electron chi connectivity index (χ1n) is 8.03. The van der Waals surface area contributed by atoms with E-state index in [9.17, 15) is 0 Å². The molecular weight excluding hydrogens is 288 g/mol. The molecule has 0 N–H and O–H groups in total. The normalized spacial score (nSPS) is 21.0. The molecule has 0 bridgehead atoms. The van der Waals surface area contributed by atoms with Crippen LogP contribution in [0.15, 0.2) is 5.38 Å². The molecule has 1 atom stereocenters. The number of hydrogen-bond donors (Lipinski definition) is 0. The van der Waals surface area contributed by atoms with E-state index in [0.717, 1.165) is 18.0 Å². The fraction of sp³-hybridized carbons (Fsp3) is 0.812. The van der Waals surface area contributed by atoms with Gasteiger partial charge in [0, 0.05) is 11.8 Å². The standard InChI is InChI=1S/C16H27ClN2S/c1-2-5-14-6-3-9-19(11-8-14)10-4-7-16-18-15(12-17)13-20-16/h13-14H,2-12H2,1H3. The first-order chi connectivity index (χ1) is 9.81. The number of alkyl halides is 1. The molecule has 0 amide bonds. The third kappa shape index (κ3) is 5.34. The van der Waals surface area contributed by atoms with Gasteiger partial charge < -0.3 is 4.90 Å². The van der Waals surface area contributed by atoms with Crippen molar-refractivity contribution < 1.29 is 0 Å². The minimum atomic E-state index is 0.543. The van der Waals surface area contributed by atoms with E-state index in [4.69, 9.17) is 11.6 Å². The van der Waals surface area contributed by atoms with Crippen molar-refractivity contribution in [3.05, 3.63) is 16.1 Å². The Balaban J connectivity index is 1.66. The topological polar surface area (TPSA) is 16.1 Å². The fourth-order valence-corrected chi connectivity index (χ4v) is 4.19. The molecule has 1 fully saturated rings. The van der Waals surface area contributed by atoms with Crippen LogP contribution in [-0.2, 0) is 12.3 Å². The van der Waals surface area contributed by atoms with Gasteiger partial charge in [-0.3, -0.25) is 0 Å². The van der Waals surface area contributed by atoms with Gasteiger partial charge in [0.25, 0.3) is 0 Å². The number of rotatable bonds is 7. The molecule has 0 spiro atoms. The zero-order chi connectivity index (χ0) is 14.2. The highest BCUT2D eigenvalue weighted by atomic mass is 35.5. The van der Waals surface area contributed by atoms with E-state index in [2.05, 4.69) is 22.2 Å². The summed E-state index contributed by atoms with van der Waals surface area (Å²) in [6.45, 7) is 6.14. The Kier molecular flexibility index (Phi) is 7.32. The summed E-state index contributed by atoms with van der Waals surface area (Å²) in [7, 11) is 0. The van der Waals surface area contributed by atoms with E-state index in [1.165, 1.54) is 63.2 Å². The quantitative estimate of drug-likeness (QED) is 0.677. The summed E-state index contributed by atoms with van der Waals surface area (Å²) < 4.78 is 0. The molecule has 0 aliphatic carbocycles. The van der Waals surface area contributed by atoms with Gasteiger partial charge >= 0.3 is 0 Å². The van der Waals surface area contributed by atoms with Crippen LogP contribution in [0.2, 0.25) is 0 Å². The van der Waals surface area contributed by atoms with Crippen molar-refractivity contribution in [1.29, 1.82) is 0 Å². The van der Waals surface area contributed by atoms with E-state index in [1.54, 1.807) is 11.3 Å². The molecule has 4 heteroatoms. The Hall–Kier alpha value is -0.120. The van der Waals surface area contributed by atoms with Crippen LogP contribution in [-0.4, -0.2) is 29.5 Å². The van der Waals surface area contributed by atoms with Crippen LogP contribution in [0.5, 0.6) is 0 Å². The molecule has 1 aliphatic heterocycles. The lowest BCUT2D eigenvalue weighted by Gasteiger charge is -2.19. The number of aryl methyl sites for hydroxylation is 1. The molecule has 2 heterocycles. The Morgan fingerprint density at radius 1 is 1.40 bits per heavy atom. The molecule has 0 saturated carbocycles. The molecule has 0 radical (unpaired) electrons. The summed E-state index contributed by atoms with van der Waals surface area (Å²) in [5.74, 6) is 1.52. The van der Waals surface area contributed by atoms with Crippen LogP contribution >= 0.6 is 22.9 Å². The fourth-order valence-electron chi connectivity index (χ4n) is 3.12. The zero-order valence-corrected chi connectivity index (χ0v) is 14.2. The first kappa shape index (κ1) is 16.3. The molecule has 1 aromatic heterocycles. The Bertz CT molecular complexity index is 380. The van der Waals surface area contributed by atoms with Gasteiger partial charge in [-0.25, -0.2) is 4.98 Å². The number of halogens is 1. The molecule has 20 heavy (non-hydrogen) atoms. The molecule has 114 valence electrons. The van der Waals surface area contributed by atoms with Crippen LogP contribution in [0.1, 0.15) is 56.2 Å². The average molecular weight is 315 g/mol. The first-order valence-corrected chi connectivity index (χ1v) is 9.44. The Labute approximate surface area is 132 Å². The summed E-state index contributed by atoms with van der Waals surface area (Å²) in [5.41, 5.74) is 1.03. The highest BCUT2D eigenvalue weighted by Gasteiger charge is 2.16. The summed E-state index contributed by atoms with van der Waals surface area (Å²) in [6, 6.07) is 0. The van der Waals surface area contributed by atoms with Gasteiger partial charge in [0.05, 0.1) is 16.6 Å². The number of aromatic nitrogens is 1. The lowest BCUT2D eigenvalue weighted by Crippen LogP contribution is -2.26.